The van der Waals surface area contributed by atoms with Crippen LogP contribution in [0.5, 0.6) is 0 Å². The highest BCUT2D eigenvalue weighted by atomic mass is 35.5. The lowest BCUT2D eigenvalue weighted by molar-refractivity contribution is -0.136. The Morgan fingerprint density at radius 1 is 1.17 bits per heavy atom. The number of carboxylic acid groups (broad SMARTS) is 1. The fourth-order valence-electron chi connectivity index (χ4n) is 4.25. The van der Waals surface area contributed by atoms with E-state index in [1.165, 1.54) is 11.1 Å². The first-order valence-electron chi connectivity index (χ1n) is 10.2. The van der Waals surface area contributed by atoms with E-state index in [1.54, 1.807) is 0 Å². The van der Waals surface area contributed by atoms with E-state index >= 15 is 0 Å². The zero-order valence-corrected chi connectivity index (χ0v) is 18.0. The standard InChI is InChI=1S/C25H25ClN2O2/c1-16-6-8-19(9-7-16)25-21(13-24(29)30)17(2)27-23-10-11-28(15-22(23)25)14-18-4-3-5-20(26)12-18/h3-9,12H,10-11,13-15H2,1-2H3,(H,29,30). The van der Waals surface area contributed by atoms with Gasteiger partial charge in [0.05, 0.1) is 6.42 Å². The summed E-state index contributed by atoms with van der Waals surface area (Å²) in [4.78, 5) is 18.8. The van der Waals surface area contributed by atoms with Crippen LogP contribution in [0.2, 0.25) is 5.02 Å². The minimum Gasteiger partial charge on any atom is -0.481 e. The van der Waals surface area contributed by atoms with Gasteiger partial charge in [0.15, 0.2) is 0 Å². The quantitative estimate of drug-likeness (QED) is 0.616. The van der Waals surface area contributed by atoms with Crippen molar-refractivity contribution in [2.45, 2.75) is 39.8 Å². The number of benzene rings is 2. The predicted molar refractivity (Wildman–Crippen MR) is 120 cm³/mol. The van der Waals surface area contributed by atoms with E-state index in [2.05, 4.69) is 42.2 Å². The number of pyridine rings is 1. The second kappa shape index (κ2) is 8.58. The first-order valence-corrected chi connectivity index (χ1v) is 10.6. The summed E-state index contributed by atoms with van der Waals surface area (Å²) >= 11 is 6.16. The van der Waals surface area contributed by atoms with Crippen LogP contribution in [0.3, 0.4) is 0 Å². The van der Waals surface area contributed by atoms with Gasteiger partial charge in [-0.15, -0.1) is 0 Å². The van der Waals surface area contributed by atoms with Crippen LogP contribution >= 0.6 is 11.6 Å². The maximum atomic E-state index is 11.6. The van der Waals surface area contributed by atoms with E-state index in [0.29, 0.717) is 0 Å². The van der Waals surface area contributed by atoms with Gasteiger partial charge in [-0.1, -0.05) is 53.6 Å². The molecule has 0 atom stereocenters. The van der Waals surface area contributed by atoms with Crippen molar-refractivity contribution in [3.05, 3.63) is 87.2 Å². The molecule has 0 radical (unpaired) electrons. The normalized spacial score (nSPS) is 13.8. The number of carboxylic acids is 1. The van der Waals surface area contributed by atoms with Crippen molar-refractivity contribution in [3.63, 3.8) is 0 Å². The summed E-state index contributed by atoms with van der Waals surface area (Å²) in [6.07, 6.45) is 0.826. The summed E-state index contributed by atoms with van der Waals surface area (Å²) in [7, 11) is 0. The molecule has 0 unspecified atom stereocenters. The molecule has 4 rings (SSSR count). The Morgan fingerprint density at radius 2 is 1.93 bits per heavy atom. The number of hydrogen-bond donors (Lipinski definition) is 1. The third-order valence-electron chi connectivity index (χ3n) is 5.70. The Bertz CT molecular complexity index is 1090. The first-order chi connectivity index (χ1) is 14.4. The highest BCUT2D eigenvalue weighted by molar-refractivity contribution is 6.30. The molecule has 1 aliphatic heterocycles. The molecule has 30 heavy (non-hydrogen) atoms. The molecule has 3 aromatic rings. The number of halogens is 1. The average Bonchev–Trinajstić information content (AvgIpc) is 2.70. The number of fused-ring (bicyclic) bond motifs is 1. The van der Waals surface area contributed by atoms with Gasteiger partial charge in [-0.3, -0.25) is 14.7 Å². The lowest BCUT2D eigenvalue weighted by Gasteiger charge is -2.31. The molecule has 0 aliphatic carbocycles. The van der Waals surface area contributed by atoms with Crippen molar-refractivity contribution in [1.29, 1.82) is 0 Å². The second-order valence-electron chi connectivity index (χ2n) is 8.00. The predicted octanol–water partition coefficient (Wildman–Crippen LogP) is 5.20. The minimum absolute atomic E-state index is 0.0242. The Morgan fingerprint density at radius 3 is 2.63 bits per heavy atom. The van der Waals surface area contributed by atoms with Crippen LogP contribution in [-0.4, -0.2) is 27.5 Å². The maximum Gasteiger partial charge on any atom is 0.307 e. The lowest BCUT2D eigenvalue weighted by atomic mass is 9.88. The number of hydrogen-bond acceptors (Lipinski definition) is 3. The molecule has 5 heteroatoms. The van der Waals surface area contributed by atoms with E-state index in [0.717, 1.165) is 64.7 Å². The zero-order chi connectivity index (χ0) is 21.3. The van der Waals surface area contributed by atoms with E-state index in [9.17, 15) is 9.90 Å². The van der Waals surface area contributed by atoms with Crippen molar-refractivity contribution in [3.8, 4) is 11.1 Å². The van der Waals surface area contributed by atoms with Gasteiger partial charge < -0.3 is 5.11 Å². The maximum absolute atomic E-state index is 11.6. The van der Waals surface area contributed by atoms with Gasteiger partial charge in [-0.25, -0.2) is 0 Å². The third kappa shape index (κ3) is 4.40. The van der Waals surface area contributed by atoms with Crippen LogP contribution in [0.25, 0.3) is 11.1 Å². The Kier molecular flexibility index (Phi) is 5.89. The average molecular weight is 421 g/mol. The number of rotatable bonds is 5. The molecular weight excluding hydrogens is 396 g/mol. The van der Waals surface area contributed by atoms with Crippen LogP contribution in [-0.2, 0) is 30.7 Å². The summed E-state index contributed by atoms with van der Waals surface area (Å²) in [5.41, 5.74) is 8.31. The Balaban J connectivity index is 1.77. The summed E-state index contributed by atoms with van der Waals surface area (Å²) < 4.78 is 0. The van der Waals surface area contributed by atoms with Crippen LogP contribution in [0.4, 0.5) is 0 Å². The number of aliphatic carboxylic acids is 1. The lowest BCUT2D eigenvalue weighted by Crippen LogP contribution is -2.32. The Labute approximate surface area is 182 Å². The summed E-state index contributed by atoms with van der Waals surface area (Å²) in [5, 5.41) is 10.3. The molecule has 0 saturated carbocycles. The summed E-state index contributed by atoms with van der Waals surface area (Å²) in [6.45, 7) is 6.44. The second-order valence-corrected chi connectivity index (χ2v) is 8.44. The van der Waals surface area contributed by atoms with Crippen molar-refractivity contribution < 1.29 is 9.90 Å². The molecule has 1 aliphatic rings. The van der Waals surface area contributed by atoms with E-state index in [4.69, 9.17) is 16.6 Å². The van der Waals surface area contributed by atoms with Gasteiger partial charge in [0.25, 0.3) is 0 Å². The molecule has 4 nitrogen and oxygen atoms in total. The van der Waals surface area contributed by atoms with Crippen LogP contribution in [0.15, 0.2) is 48.5 Å². The highest BCUT2D eigenvalue weighted by Crippen LogP contribution is 2.35. The number of aromatic nitrogens is 1. The van der Waals surface area contributed by atoms with Crippen LogP contribution in [0.1, 0.15) is 33.6 Å². The highest BCUT2D eigenvalue weighted by Gasteiger charge is 2.25. The van der Waals surface area contributed by atoms with Gasteiger partial charge in [-0.2, -0.15) is 0 Å². The minimum atomic E-state index is -0.834. The zero-order valence-electron chi connectivity index (χ0n) is 17.3. The van der Waals surface area contributed by atoms with E-state index in [1.807, 2.05) is 25.1 Å². The topological polar surface area (TPSA) is 53.4 Å². The molecule has 0 spiro atoms. The molecule has 0 bridgehead atoms. The number of carbonyl (C=O) groups is 1. The van der Waals surface area contributed by atoms with Crippen molar-refractivity contribution in [2.75, 3.05) is 6.54 Å². The van der Waals surface area contributed by atoms with E-state index in [-0.39, 0.29) is 6.42 Å². The molecule has 2 heterocycles. The Hall–Kier alpha value is -2.69. The van der Waals surface area contributed by atoms with Gasteiger partial charge in [-0.05, 0) is 53.8 Å². The third-order valence-corrected chi connectivity index (χ3v) is 5.94. The van der Waals surface area contributed by atoms with Crippen LogP contribution in [0, 0.1) is 13.8 Å². The van der Waals surface area contributed by atoms with Crippen molar-refractivity contribution in [2.24, 2.45) is 0 Å². The van der Waals surface area contributed by atoms with Crippen molar-refractivity contribution >= 4 is 17.6 Å². The molecule has 154 valence electrons. The smallest absolute Gasteiger partial charge is 0.307 e. The molecular formula is C25H25ClN2O2. The van der Waals surface area contributed by atoms with Gasteiger partial charge in [0.2, 0.25) is 0 Å². The van der Waals surface area contributed by atoms with Gasteiger partial charge in [0, 0.05) is 42.5 Å². The summed E-state index contributed by atoms with van der Waals surface area (Å²) in [5.74, 6) is -0.834. The molecule has 1 aromatic heterocycles. The molecule has 0 fully saturated rings. The largest absolute Gasteiger partial charge is 0.481 e. The van der Waals surface area contributed by atoms with E-state index < -0.39 is 5.97 Å². The fraction of sp³-hybridized carbons (Fsp3) is 0.280. The van der Waals surface area contributed by atoms with Gasteiger partial charge in [0.1, 0.15) is 0 Å². The number of nitrogens with zero attached hydrogens (tertiary/aromatic N) is 2. The molecule has 0 saturated heterocycles. The van der Waals surface area contributed by atoms with Crippen molar-refractivity contribution in [1.82, 2.24) is 9.88 Å². The first kappa shape index (κ1) is 20.6. The SMILES string of the molecule is Cc1ccc(-c2c(CC(=O)O)c(C)nc3c2CN(Cc2cccc(Cl)c2)CC3)cc1. The summed E-state index contributed by atoms with van der Waals surface area (Å²) in [6, 6.07) is 16.3. The monoisotopic (exact) mass is 420 g/mol. The van der Waals surface area contributed by atoms with Gasteiger partial charge >= 0.3 is 5.97 Å². The molecule has 0 amide bonds. The molecule has 1 N–H and O–H groups in total. The molecule has 2 aromatic carbocycles. The van der Waals surface area contributed by atoms with Crippen LogP contribution < -0.4 is 0 Å². The fourth-order valence-corrected chi connectivity index (χ4v) is 4.47. The number of aryl methyl sites for hydroxylation is 2.